The second-order valence-electron chi connectivity index (χ2n) is 4.20. The minimum Gasteiger partial charge on any atom is -0.481 e. The van der Waals surface area contributed by atoms with E-state index in [4.69, 9.17) is 5.11 Å². The number of aromatic nitrogens is 4. The van der Waals surface area contributed by atoms with Crippen LogP contribution in [-0.2, 0) is 11.8 Å². The van der Waals surface area contributed by atoms with E-state index < -0.39 is 5.97 Å². The van der Waals surface area contributed by atoms with Gasteiger partial charge in [0.1, 0.15) is 4.83 Å². The van der Waals surface area contributed by atoms with Crippen molar-refractivity contribution in [3.05, 3.63) is 34.1 Å². The fourth-order valence-electron chi connectivity index (χ4n) is 1.84. The van der Waals surface area contributed by atoms with E-state index >= 15 is 0 Å². The summed E-state index contributed by atoms with van der Waals surface area (Å²) >= 11 is 2.35. The lowest BCUT2D eigenvalue weighted by atomic mass is 10.4. The lowest BCUT2D eigenvalue weighted by molar-refractivity contribution is -0.133. The van der Waals surface area contributed by atoms with Gasteiger partial charge >= 0.3 is 5.97 Å². The molecule has 3 rings (SSSR count). The number of rotatable bonds is 4. The van der Waals surface area contributed by atoms with Crippen molar-refractivity contribution in [1.29, 1.82) is 0 Å². The highest BCUT2D eigenvalue weighted by molar-refractivity contribution is 7.99. The molecule has 0 bridgehead atoms. The third-order valence-electron chi connectivity index (χ3n) is 2.72. The Morgan fingerprint density at radius 2 is 2.29 bits per heavy atom. The maximum atomic E-state index is 12.6. The SMILES string of the molecule is Cn1ccc(-n2c(SCC(=O)O)nc3sccc3c2=O)n1. The molecule has 0 radical (unpaired) electrons. The predicted octanol–water partition coefficient (Wildman–Crippen LogP) is 1.36. The number of aliphatic carboxylic acids is 1. The van der Waals surface area contributed by atoms with Gasteiger partial charge in [-0.25, -0.2) is 9.55 Å². The van der Waals surface area contributed by atoms with Gasteiger partial charge in [0.15, 0.2) is 11.0 Å². The Morgan fingerprint density at radius 3 is 2.95 bits per heavy atom. The number of carbonyl (C=O) groups is 1. The highest BCUT2D eigenvalue weighted by atomic mass is 32.2. The molecule has 0 atom stereocenters. The summed E-state index contributed by atoms with van der Waals surface area (Å²) in [5.41, 5.74) is -0.243. The first-order valence-corrected chi connectivity index (χ1v) is 7.77. The highest BCUT2D eigenvalue weighted by Gasteiger charge is 2.16. The van der Waals surface area contributed by atoms with Gasteiger partial charge in [-0.15, -0.1) is 11.3 Å². The quantitative estimate of drug-likeness (QED) is 0.576. The second kappa shape index (κ2) is 5.34. The maximum absolute atomic E-state index is 12.6. The zero-order valence-corrected chi connectivity index (χ0v) is 12.5. The number of thioether (sulfide) groups is 1. The number of hydrogen-bond acceptors (Lipinski definition) is 6. The molecule has 1 N–H and O–H groups in total. The van der Waals surface area contributed by atoms with E-state index in [1.807, 2.05) is 0 Å². The summed E-state index contributed by atoms with van der Waals surface area (Å²) in [6.07, 6.45) is 1.71. The molecule has 0 unspecified atom stereocenters. The molecule has 0 saturated carbocycles. The van der Waals surface area contributed by atoms with Crippen LogP contribution in [0.1, 0.15) is 0 Å². The average molecular weight is 322 g/mol. The number of aryl methyl sites for hydroxylation is 1. The van der Waals surface area contributed by atoms with Crippen molar-refractivity contribution in [1.82, 2.24) is 19.3 Å². The summed E-state index contributed by atoms with van der Waals surface area (Å²) in [6.45, 7) is 0. The van der Waals surface area contributed by atoms with Crippen LogP contribution in [0.4, 0.5) is 0 Å². The summed E-state index contributed by atoms with van der Waals surface area (Å²) in [5, 5.41) is 15.7. The molecule has 21 heavy (non-hydrogen) atoms. The van der Waals surface area contributed by atoms with Gasteiger partial charge in [-0.3, -0.25) is 14.3 Å². The van der Waals surface area contributed by atoms with Crippen LogP contribution >= 0.6 is 23.1 Å². The molecule has 3 heterocycles. The Balaban J connectivity index is 2.22. The molecule has 108 valence electrons. The van der Waals surface area contributed by atoms with Crippen molar-refractivity contribution < 1.29 is 9.90 Å². The van der Waals surface area contributed by atoms with E-state index in [-0.39, 0.29) is 11.3 Å². The number of carboxylic acids is 1. The van der Waals surface area contributed by atoms with Gasteiger partial charge in [0.25, 0.3) is 5.56 Å². The molecule has 3 aromatic rings. The van der Waals surface area contributed by atoms with E-state index in [2.05, 4.69) is 10.1 Å². The van der Waals surface area contributed by atoms with Crippen LogP contribution in [0.25, 0.3) is 16.0 Å². The number of fused-ring (bicyclic) bond motifs is 1. The zero-order chi connectivity index (χ0) is 15.0. The maximum Gasteiger partial charge on any atom is 0.313 e. The van der Waals surface area contributed by atoms with Crippen molar-refractivity contribution in [2.24, 2.45) is 7.05 Å². The van der Waals surface area contributed by atoms with Gasteiger partial charge in [-0.2, -0.15) is 5.10 Å². The first-order valence-electron chi connectivity index (χ1n) is 5.91. The van der Waals surface area contributed by atoms with Gasteiger partial charge in [-0.05, 0) is 11.4 Å². The lowest BCUT2D eigenvalue weighted by Crippen LogP contribution is -2.22. The molecular weight excluding hydrogens is 312 g/mol. The van der Waals surface area contributed by atoms with Crippen molar-refractivity contribution in [2.45, 2.75) is 5.16 Å². The fraction of sp³-hybridized carbons (Fsp3) is 0.167. The van der Waals surface area contributed by atoms with E-state index in [0.717, 1.165) is 11.8 Å². The van der Waals surface area contributed by atoms with Crippen LogP contribution in [0.15, 0.2) is 33.7 Å². The van der Waals surface area contributed by atoms with Crippen LogP contribution in [0, 0.1) is 0 Å². The second-order valence-corrected chi connectivity index (χ2v) is 6.04. The zero-order valence-electron chi connectivity index (χ0n) is 10.9. The minimum absolute atomic E-state index is 0.170. The first-order chi connectivity index (χ1) is 10.1. The van der Waals surface area contributed by atoms with Gasteiger partial charge in [0, 0.05) is 19.3 Å². The summed E-state index contributed by atoms with van der Waals surface area (Å²) in [5.74, 6) is -0.708. The van der Waals surface area contributed by atoms with Crippen molar-refractivity contribution in [3.63, 3.8) is 0 Å². The van der Waals surface area contributed by atoms with E-state index in [0.29, 0.717) is 21.2 Å². The van der Waals surface area contributed by atoms with E-state index in [1.54, 1.807) is 35.4 Å². The smallest absolute Gasteiger partial charge is 0.313 e. The first kappa shape index (κ1) is 13.8. The predicted molar refractivity (Wildman–Crippen MR) is 80.3 cm³/mol. The lowest BCUT2D eigenvalue weighted by Gasteiger charge is -2.08. The monoisotopic (exact) mass is 322 g/mol. The minimum atomic E-state index is -0.965. The van der Waals surface area contributed by atoms with Gasteiger partial charge < -0.3 is 5.11 Å². The Bertz CT molecular complexity index is 880. The van der Waals surface area contributed by atoms with Crippen LogP contribution in [0.5, 0.6) is 0 Å². The summed E-state index contributed by atoms with van der Waals surface area (Å²) < 4.78 is 2.92. The van der Waals surface area contributed by atoms with E-state index in [9.17, 15) is 9.59 Å². The molecule has 7 nitrogen and oxygen atoms in total. The average Bonchev–Trinajstić information content (AvgIpc) is 3.05. The molecule has 0 amide bonds. The third kappa shape index (κ3) is 2.57. The molecule has 3 aromatic heterocycles. The van der Waals surface area contributed by atoms with Crippen molar-refractivity contribution >= 4 is 39.3 Å². The summed E-state index contributed by atoms with van der Waals surface area (Å²) in [7, 11) is 1.75. The van der Waals surface area contributed by atoms with Crippen molar-refractivity contribution in [3.8, 4) is 5.82 Å². The standard InChI is InChI=1S/C12H10N4O3S2/c1-15-4-2-8(14-15)16-11(19)7-3-5-20-10(7)13-12(16)21-6-9(17)18/h2-5H,6H2,1H3,(H,17,18). The van der Waals surface area contributed by atoms with Crippen LogP contribution in [0.3, 0.4) is 0 Å². The molecular formula is C12H10N4O3S2. The Morgan fingerprint density at radius 1 is 1.48 bits per heavy atom. The van der Waals surface area contributed by atoms with Crippen LogP contribution in [-0.4, -0.2) is 36.2 Å². The molecule has 0 saturated heterocycles. The Kier molecular flexibility index (Phi) is 3.52. The van der Waals surface area contributed by atoms with E-state index in [1.165, 1.54) is 15.9 Å². The molecule has 0 aromatic carbocycles. The fourth-order valence-corrected chi connectivity index (χ4v) is 3.37. The highest BCUT2D eigenvalue weighted by Crippen LogP contribution is 2.22. The van der Waals surface area contributed by atoms with Crippen LogP contribution in [0.2, 0.25) is 0 Å². The third-order valence-corrected chi connectivity index (χ3v) is 4.45. The topological polar surface area (TPSA) is 90.0 Å². The summed E-state index contributed by atoms with van der Waals surface area (Å²) in [4.78, 5) is 28.3. The molecule has 0 fully saturated rings. The number of carboxylic acid groups (broad SMARTS) is 1. The largest absolute Gasteiger partial charge is 0.481 e. The van der Waals surface area contributed by atoms with Gasteiger partial charge in [0.2, 0.25) is 0 Å². The van der Waals surface area contributed by atoms with Gasteiger partial charge in [-0.1, -0.05) is 11.8 Å². The number of nitrogens with zero attached hydrogens (tertiary/aromatic N) is 4. The Labute approximate surface area is 126 Å². The summed E-state index contributed by atoms with van der Waals surface area (Å²) in [6, 6.07) is 3.40. The number of thiophene rings is 1. The number of hydrogen-bond donors (Lipinski definition) is 1. The van der Waals surface area contributed by atoms with Crippen molar-refractivity contribution in [2.75, 3.05) is 5.75 Å². The van der Waals surface area contributed by atoms with Crippen LogP contribution < -0.4 is 5.56 Å². The molecule has 0 aliphatic carbocycles. The molecule has 0 aliphatic rings. The molecule has 9 heteroatoms. The normalized spacial score (nSPS) is 11.1. The Hall–Kier alpha value is -2.13. The van der Waals surface area contributed by atoms with Gasteiger partial charge in [0.05, 0.1) is 11.1 Å². The molecule has 0 aliphatic heterocycles. The molecule has 0 spiro atoms.